The highest BCUT2D eigenvalue weighted by molar-refractivity contribution is 5.82. The maximum atomic E-state index is 13.1. The van der Waals surface area contributed by atoms with Crippen molar-refractivity contribution in [3.05, 3.63) is 52.4 Å². The second-order valence-electron chi connectivity index (χ2n) is 7.52. The summed E-state index contributed by atoms with van der Waals surface area (Å²) in [6.45, 7) is 3.50. The number of hydrogen-bond acceptors (Lipinski definition) is 6. The zero-order valence-electron chi connectivity index (χ0n) is 16.6. The Morgan fingerprint density at radius 3 is 2.69 bits per heavy atom. The smallest absolute Gasteiger partial charge is 0.347 e. The minimum atomic E-state index is -0.948. The van der Waals surface area contributed by atoms with Crippen LogP contribution < -0.4 is 10.2 Å². The molecule has 6 nitrogen and oxygen atoms in total. The van der Waals surface area contributed by atoms with Gasteiger partial charge in [0.1, 0.15) is 11.7 Å². The molecular formula is C23H24O6. The lowest BCUT2D eigenvalue weighted by molar-refractivity contribution is -0.158. The highest BCUT2D eigenvalue weighted by Crippen LogP contribution is 2.32. The second-order valence-corrected chi connectivity index (χ2v) is 7.52. The SMILES string of the molecule is Cc1ccc2c(=O)c(O[C@H](C)C(=O)OC3CCCCC3)c(-c3ccco3)oc2c1. The van der Waals surface area contributed by atoms with Gasteiger partial charge in [0.05, 0.1) is 11.6 Å². The van der Waals surface area contributed by atoms with Crippen molar-refractivity contribution in [2.75, 3.05) is 0 Å². The molecule has 1 saturated carbocycles. The van der Waals surface area contributed by atoms with E-state index in [1.807, 2.05) is 13.0 Å². The molecule has 0 radical (unpaired) electrons. The van der Waals surface area contributed by atoms with Gasteiger partial charge in [-0.3, -0.25) is 4.79 Å². The molecule has 6 heteroatoms. The summed E-state index contributed by atoms with van der Waals surface area (Å²) in [5, 5.41) is 0.383. The molecule has 0 aliphatic heterocycles. The summed E-state index contributed by atoms with van der Waals surface area (Å²) in [5.74, 6) is -0.0149. The van der Waals surface area contributed by atoms with E-state index in [1.165, 1.54) is 12.7 Å². The molecule has 29 heavy (non-hydrogen) atoms. The van der Waals surface area contributed by atoms with E-state index in [0.29, 0.717) is 16.7 Å². The zero-order chi connectivity index (χ0) is 20.4. The summed E-state index contributed by atoms with van der Waals surface area (Å²) in [6.07, 6.45) is 5.48. The summed E-state index contributed by atoms with van der Waals surface area (Å²) in [7, 11) is 0. The minimum absolute atomic E-state index is 0.0515. The third-order valence-corrected chi connectivity index (χ3v) is 5.21. The molecule has 0 spiro atoms. The second kappa shape index (κ2) is 8.15. The predicted molar refractivity (Wildman–Crippen MR) is 108 cm³/mol. The van der Waals surface area contributed by atoms with Crippen LogP contribution in [-0.4, -0.2) is 18.2 Å². The largest absolute Gasteiger partial charge is 0.471 e. The van der Waals surface area contributed by atoms with Crippen molar-refractivity contribution in [1.29, 1.82) is 0 Å². The van der Waals surface area contributed by atoms with Gasteiger partial charge in [0.2, 0.25) is 16.9 Å². The van der Waals surface area contributed by atoms with Crippen LogP contribution in [0.5, 0.6) is 5.75 Å². The summed E-state index contributed by atoms with van der Waals surface area (Å²) in [5.41, 5.74) is 1.05. The molecule has 0 saturated heterocycles. The summed E-state index contributed by atoms with van der Waals surface area (Å²) in [4.78, 5) is 25.7. The number of rotatable bonds is 5. The van der Waals surface area contributed by atoms with Crippen molar-refractivity contribution in [2.24, 2.45) is 0 Å². The molecule has 0 N–H and O–H groups in total. The fourth-order valence-corrected chi connectivity index (χ4v) is 3.63. The first kappa shape index (κ1) is 19.3. The Morgan fingerprint density at radius 1 is 1.17 bits per heavy atom. The van der Waals surface area contributed by atoms with Crippen LogP contribution in [0.25, 0.3) is 22.5 Å². The average Bonchev–Trinajstić information content (AvgIpc) is 3.25. The quantitative estimate of drug-likeness (QED) is 0.565. The summed E-state index contributed by atoms with van der Waals surface area (Å²) in [6, 6.07) is 8.68. The summed E-state index contributed by atoms with van der Waals surface area (Å²) < 4.78 is 22.8. The molecule has 3 aromatic rings. The van der Waals surface area contributed by atoms with Crippen LogP contribution in [0.15, 0.2) is 50.2 Å². The molecule has 0 amide bonds. The predicted octanol–water partition coefficient (Wildman–Crippen LogP) is 5.00. The van der Waals surface area contributed by atoms with E-state index in [2.05, 4.69) is 0 Å². The Bertz CT molecular complexity index is 1060. The molecular weight excluding hydrogens is 372 g/mol. The van der Waals surface area contributed by atoms with Crippen LogP contribution in [0, 0.1) is 6.92 Å². The number of hydrogen-bond donors (Lipinski definition) is 0. The van der Waals surface area contributed by atoms with Gasteiger partial charge in [0.25, 0.3) is 0 Å². The monoisotopic (exact) mass is 396 g/mol. The first-order valence-electron chi connectivity index (χ1n) is 10.0. The molecule has 1 aliphatic carbocycles. The lowest BCUT2D eigenvalue weighted by atomic mass is 9.98. The molecule has 1 aromatic carbocycles. The van der Waals surface area contributed by atoms with Gasteiger partial charge >= 0.3 is 5.97 Å². The minimum Gasteiger partial charge on any atom is -0.471 e. The molecule has 2 heterocycles. The Morgan fingerprint density at radius 2 is 1.97 bits per heavy atom. The molecule has 0 bridgehead atoms. The van der Waals surface area contributed by atoms with Crippen molar-refractivity contribution in [1.82, 2.24) is 0 Å². The van der Waals surface area contributed by atoms with Crippen molar-refractivity contribution in [3.63, 3.8) is 0 Å². The van der Waals surface area contributed by atoms with Crippen LogP contribution >= 0.6 is 0 Å². The lowest BCUT2D eigenvalue weighted by Gasteiger charge is -2.23. The molecule has 2 aromatic heterocycles. The van der Waals surface area contributed by atoms with E-state index in [0.717, 1.165) is 31.2 Å². The number of fused-ring (bicyclic) bond motifs is 1. The van der Waals surface area contributed by atoms with Gasteiger partial charge in [0.15, 0.2) is 11.9 Å². The number of ether oxygens (including phenoxy) is 2. The zero-order valence-corrected chi connectivity index (χ0v) is 16.6. The van der Waals surface area contributed by atoms with Gasteiger partial charge < -0.3 is 18.3 Å². The van der Waals surface area contributed by atoms with E-state index in [-0.39, 0.29) is 23.0 Å². The van der Waals surface area contributed by atoms with E-state index >= 15 is 0 Å². The molecule has 4 rings (SSSR count). The molecule has 1 aliphatic rings. The standard InChI is InChI=1S/C23H24O6/c1-14-10-11-17-19(13-14)29-21(18-9-6-12-26-18)22(20(17)24)27-15(2)23(25)28-16-7-4-3-5-8-16/h6,9-13,15-16H,3-5,7-8H2,1-2H3/t15-/m1/s1. The number of carbonyl (C=O) groups is 1. The van der Waals surface area contributed by atoms with Crippen LogP contribution in [-0.2, 0) is 9.53 Å². The van der Waals surface area contributed by atoms with Gasteiger partial charge in [-0.15, -0.1) is 0 Å². The fraction of sp³-hybridized carbons (Fsp3) is 0.391. The lowest BCUT2D eigenvalue weighted by Crippen LogP contribution is -2.32. The highest BCUT2D eigenvalue weighted by atomic mass is 16.6. The number of aryl methyl sites for hydroxylation is 1. The van der Waals surface area contributed by atoms with Crippen molar-refractivity contribution >= 4 is 16.9 Å². The average molecular weight is 396 g/mol. The first-order chi connectivity index (χ1) is 14.0. The van der Waals surface area contributed by atoms with Gasteiger partial charge in [0, 0.05) is 0 Å². The number of esters is 1. The van der Waals surface area contributed by atoms with E-state index in [9.17, 15) is 9.59 Å². The van der Waals surface area contributed by atoms with Crippen LogP contribution in [0.2, 0.25) is 0 Å². The normalized spacial score (nSPS) is 15.9. The van der Waals surface area contributed by atoms with Crippen molar-refractivity contribution in [2.45, 2.75) is 58.2 Å². The third kappa shape index (κ3) is 4.06. The number of carbonyl (C=O) groups excluding carboxylic acids is 1. The topological polar surface area (TPSA) is 78.9 Å². The Balaban J connectivity index is 1.67. The Kier molecular flexibility index (Phi) is 5.43. The van der Waals surface area contributed by atoms with Crippen molar-refractivity contribution < 1.29 is 23.1 Å². The molecule has 152 valence electrons. The van der Waals surface area contributed by atoms with Gasteiger partial charge in [-0.05, 0) is 69.4 Å². The molecule has 1 fully saturated rings. The van der Waals surface area contributed by atoms with Gasteiger partial charge in [-0.1, -0.05) is 12.5 Å². The van der Waals surface area contributed by atoms with Crippen LogP contribution in [0.3, 0.4) is 0 Å². The first-order valence-corrected chi connectivity index (χ1v) is 10.0. The fourth-order valence-electron chi connectivity index (χ4n) is 3.63. The van der Waals surface area contributed by atoms with Crippen LogP contribution in [0.4, 0.5) is 0 Å². The van der Waals surface area contributed by atoms with E-state index in [1.54, 1.807) is 31.2 Å². The Hall–Kier alpha value is -3.02. The van der Waals surface area contributed by atoms with Crippen molar-refractivity contribution in [3.8, 4) is 17.3 Å². The maximum Gasteiger partial charge on any atom is 0.347 e. The van der Waals surface area contributed by atoms with E-state index in [4.69, 9.17) is 18.3 Å². The van der Waals surface area contributed by atoms with Gasteiger partial charge in [-0.2, -0.15) is 0 Å². The molecule has 1 atom stereocenters. The highest BCUT2D eigenvalue weighted by Gasteiger charge is 2.27. The number of furan rings is 1. The third-order valence-electron chi connectivity index (χ3n) is 5.21. The Labute approximate surface area is 168 Å². The van der Waals surface area contributed by atoms with E-state index < -0.39 is 12.1 Å². The van der Waals surface area contributed by atoms with Gasteiger partial charge in [-0.25, -0.2) is 4.79 Å². The van der Waals surface area contributed by atoms with Crippen LogP contribution in [0.1, 0.15) is 44.6 Å². The molecule has 0 unspecified atom stereocenters. The number of benzene rings is 1. The maximum absolute atomic E-state index is 13.1. The summed E-state index contributed by atoms with van der Waals surface area (Å²) >= 11 is 0.